The van der Waals surface area contributed by atoms with Crippen molar-refractivity contribution in [3.8, 4) is 0 Å². The third-order valence-electron chi connectivity index (χ3n) is 3.74. The second kappa shape index (κ2) is 6.43. The van der Waals surface area contributed by atoms with Crippen molar-refractivity contribution < 1.29 is 22.4 Å². The van der Waals surface area contributed by atoms with Crippen molar-refractivity contribution >= 4 is 10.0 Å². The summed E-state index contributed by atoms with van der Waals surface area (Å²) in [5, 5.41) is 3.20. The normalized spacial score (nSPS) is 24.4. The Morgan fingerprint density at radius 3 is 2.71 bits per heavy atom. The summed E-state index contributed by atoms with van der Waals surface area (Å²) in [6, 6.07) is -0.259. The smallest absolute Gasteiger partial charge is 0.219 e. The molecule has 1 N–H and O–H groups in total. The lowest BCUT2D eigenvalue weighted by atomic mass is 10.1. The lowest BCUT2D eigenvalue weighted by Crippen LogP contribution is -2.45. The molecule has 120 valence electrons. The molecule has 1 aliphatic heterocycles. The lowest BCUT2D eigenvalue weighted by Gasteiger charge is -2.20. The van der Waals surface area contributed by atoms with E-state index in [0.717, 1.165) is 17.0 Å². The monoisotopic (exact) mass is 318 g/mol. The van der Waals surface area contributed by atoms with Gasteiger partial charge in [0, 0.05) is 18.7 Å². The second-order valence-electron chi connectivity index (χ2n) is 5.42. The second-order valence-corrected chi connectivity index (χ2v) is 7.35. The standard InChI is InChI=1S/C13H22N2O5S/c1-8(5-11-9(2)14-20-10(11)3)15-21(16,17)13-7-19-6-12(13)18-4/h8,12-13,15H,5-7H2,1-4H3/t8-,12+,13-/m1/s1. The highest BCUT2D eigenvalue weighted by Gasteiger charge is 2.39. The maximum Gasteiger partial charge on any atom is 0.219 e. The third-order valence-corrected chi connectivity index (χ3v) is 5.70. The van der Waals surface area contributed by atoms with Gasteiger partial charge in [0.15, 0.2) is 0 Å². The molecule has 1 fully saturated rings. The minimum Gasteiger partial charge on any atom is -0.378 e. The summed E-state index contributed by atoms with van der Waals surface area (Å²) >= 11 is 0. The zero-order chi connectivity index (χ0) is 15.6. The molecule has 0 aliphatic carbocycles. The van der Waals surface area contributed by atoms with Crippen LogP contribution in [0.3, 0.4) is 0 Å². The lowest BCUT2D eigenvalue weighted by molar-refractivity contribution is 0.0828. The molecule has 1 aromatic heterocycles. The van der Waals surface area contributed by atoms with Gasteiger partial charge < -0.3 is 14.0 Å². The van der Waals surface area contributed by atoms with E-state index < -0.39 is 21.4 Å². The highest BCUT2D eigenvalue weighted by atomic mass is 32.2. The number of hydrogen-bond acceptors (Lipinski definition) is 6. The quantitative estimate of drug-likeness (QED) is 0.824. The number of rotatable bonds is 6. The van der Waals surface area contributed by atoms with Crippen molar-refractivity contribution in [3.63, 3.8) is 0 Å². The van der Waals surface area contributed by atoms with Crippen molar-refractivity contribution in [2.45, 2.75) is 44.6 Å². The number of nitrogens with zero attached hydrogens (tertiary/aromatic N) is 1. The van der Waals surface area contributed by atoms with Crippen molar-refractivity contribution in [2.24, 2.45) is 0 Å². The Morgan fingerprint density at radius 2 is 2.14 bits per heavy atom. The van der Waals surface area contributed by atoms with Crippen LogP contribution in [0.4, 0.5) is 0 Å². The summed E-state index contributed by atoms with van der Waals surface area (Å²) in [6.45, 7) is 5.95. The van der Waals surface area contributed by atoms with Crippen LogP contribution in [-0.2, 0) is 25.9 Å². The van der Waals surface area contributed by atoms with Crippen LogP contribution in [0.5, 0.6) is 0 Å². The van der Waals surface area contributed by atoms with Crippen LogP contribution in [0, 0.1) is 13.8 Å². The number of methoxy groups -OCH3 is 1. The van der Waals surface area contributed by atoms with Gasteiger partial charge >= 0.3 is 0 Å². The van der Waals surface area contributed by atoms with Crippen molar-refractivity contribution in [3.05, 3.63) is 17.0 Å². The number of ether oxygens (including phenoxy) is 2. The fourth-order valence-electron chi connectivity index (χ4n) is 2.53. The summed E-state index contributed by atoms with van der Waals surface area (Å²) in [7, 11) is -2.01. The molecule has 0 amide bonds. The first-order valence-corrected chi connectivity index (χ1v) is 8.43. The SMILES string of the molecule is CO[C@H]1COC[C@H]1S(=O)(=O)N[C@H](C)Cc1c(C)noc1C. The van der Waals surface area contributed by atoms with Crippen LogP contribution in [0.25, 0.3) is 0 Å². The predicted octanol–water partition coefficient (Wildman–Crippen LogP) is 0.556. The minimum absolute atomic E-state index is 0.159. The molecule has 3 atom stereocenters. The van der Waals surface area contributed by atoms with Crippen LogP contribution in [0.15, 0.2) is 4.52 Å². The summed E-state index contributed by atoms with van der Waals surface area (Å²) in [5.41, 5.74) is 1.73. The van der Waals surface area contributed by atoms with Gasteiger partial charge in [-0.3, -0.25) is 0 Å². The molecule has 7 nitrogen and oxygen atoms in total. The zero-order valence-electron chi connectivity index (χ0n) is 12.8. The van der Waals surface area contributed by atoms with Gasteiger partial charge in [-0.05, 0) is 27.2 Å². The fraction of sp³-hybridized carbons (Fsp3) is 0.769. The summed E-state index contributed by atoms with van der Waals surface area (Å²) in [6.07, 6.45) is 0.111. The topological polar surface area (TPSA) is 90.7 Å². The Balaban J connectivity index is 2.03. The largest absolute Gasteiger partial charge is 0.378 e. The molecule has 0 aromatic carbocycles. The van der Waals surface area contributed by atoms with Gasteiger partial charge in [0.05, 0.1) is 18.9 Å². The number of sulfonamides is 1. The highest BCUT2D eigenvalue weighted by Crippen LogP contribution is 2.19. The molecule has 1 aliphatic rings. The Labute approximate surface area is 125 Å². The van der Waals surface area contributed by atoms with Crippen molar-refractivity contribution in [2.75, 3.05) is 20.3 Å². The van der Waals surface area contributed by atoms with Gasteiger partial charge in [0.25, 0.3) is 0 Å². The number of nitrogens with one attached hydrogen (secondary N) is 1. The molecular formula is C13H22N2O5S. The first kappa shape index (κ1) is 16.4. The van der Waals surface area contributed by atoms with Crippen LogP contribution >= 0.6 is 0 Å². The molecule has 1 saturated heterocycles. The van der Waals surface area contributed by atoms with E-state index in [9.17, 15) is 8.42 Å². The number of aromatic nitrogens is 1. The van der Waals surface area contributed by atoms with Gasteiger partial charge in [-0.15, -0.1) is 0 Å². The van der Waals surface area contributed by atoms with Gasteiger partial charge in [-0.25, -0.2) is 13.1 Å². The van der Waals surface area contributed by atoms with E-state index in [0.29, 0.717) is 13.0 Å². The van der Waals surface area contributed by atoms with E-state index in [1.165, 1.54) is 7.11 Å². The Morgan fingerprint density at radius 1 is 1.43 bits per heavy atom. The van der Waals surface area contributed by atoms with E-state index in [1.807, 2.05) is 20.8 Å². The average Bonchev–Trinajstić information content (AvgIpc) is 3.00. The molecule has 2 heterocycles. The average molecular weight is 318 g/mol. The molecule has 0 spiro atoms. The van der Waals surface area contributed by atoms with Gasteiger partial charge in [-0.1, -0.05) is 5.16 Å². The molecule has 8 heteroatoms. The number of hydrogen-bond donors (Lipinski definition) is 1. The Bertz CT molecular complexity index is 564. The third kappa shape index (κ3) is 3.63. The van der Waals surface area contributed by atoms with E-state index in [-0.39, 0.29) is 12.6 Å². The summed E-state index contributed by atoms with van der Waals surface area (Å²) in [4.78, 5) is 0. The molecule has 21 heavy (non-hydrogen) atoms. The fourth-order valence-corrected chi connectivity index (χ4v) is 4.22. The molecule has 0 bridgehead atoms. The molecule has 1 aromatic rings. The van der Waals surface area contributed by atoms with Gasteiger partial charge in [-0.2, -0.15) is 0 Å². The number of aryl methyl sites for hydroxylation is 2. The molecule has 0 unspecified atom stereocenters. The van der Waals surface area contributed by atoms with Crippen LogP contribution in [0.1, 0.15) is 23.9 Å². The summed E-state index contributed by atoms with van der Waals surface area (Å²) < 4.78 is 43.0. The van der Waals surface area contributed by atoms with Gasteiger partial charge in [0.1, 0.15) is 17.1 Å². The maximum atomic E-state index is 12.4. The van der Waals surface area contributed by atoms with Crippen LogP contribution in [-0.4, -0.2) is 51.3 Å². The molecular weight excluding hydrogens is 296 g/mol. The summed E-state index contributed by atoms with van der Waals surface area (Å²) in [5.74, 6) is 0.720. The first-order valence-electron chi connectivity index (χ1n) is 6.88. The first-order chi connectivity index (χ1) is 9.85. The Hall–Kier alpha value is -0.960. The van der Waals surface area contributed by atoms with Crippen LogP contribution in [0.2, 0.25) is 0 Å². The Kier molecular flexibility index (Phi) is 5.03. The van der Waals surface area contributed by atoms with E-state index >= 15 is 0 Å². The highest BCUT2D eigenvalue weighted by molar-refractivity contribution is 7.90. The van der Waals surface area contributed by atoms with Crippen molar-refractivity contribution in [1.82, 2.24) is 9.88 Å². The zero-order valence-corrected chi connectivity index (χ0v) is 13.6. The predicted molar refractivity (Wildman–Crippen MR) is 76.6 cm³/mol. The molecule has 2 rings (SSSR count). The molecule has 0 radical (unpaired) electrons. The van der Waals surface area contributed by atoms with Crippen molar-refractivity contribution in [1.29, 1.82) is 0 Å². The van der Waals surface area contributed by atoms with E-state index in [4.69, 9.17) is 14.0 Å². The maximum absolute atomic E-state index is 12.4. The van der Waals surface area contributed by atoms with Gasteiger partial charge in [0.2, 0.25) is 10.0 Å². The van der Waals surface area contributed by atoms with E-state index in [1.54, 1.807) is 0 Å². The van der Waals surface area contributed by atoms with E-state index in [2.05, 4.69) is 9.88 Å². The van der Waals surface area contributed by atoms with Crippen LogP contribution < -0.4 is 4.72 Å². The molecule has 0 saturated carbocycles. The minimum atomic E-state index is -3.50.